The zero-order chi connectivity index (χ0) is 25.9. The Kier molecular flexibility index (Phi) is 10.6. The summed E-state index contributed by atoms with van der Waals surface area (Å²) in [6.45, 7) is 10.6. The van der Waals surface area contributed by atoms with Crippen LogP contribution in [0.5, 0.6) is 5.75 Å². The number of allylic oxidation sites excluding steroid dienone is 4. The van der Waals surface area contributed by atoms with Gasteiger partial charge < -0.3 is 14.2 Å². The minimum atomic E-state index is -1.07. The van der Waals surface area contributed by atoms with Crippen molar-refractivity contribution in [2.75, 3.05) is 19.8 Å². The van der Waals surface area contributed by atoms with Crippen LogP contribution < -0.4 is 4.74 Å². The van der Waals surface area contributed by atoms with E-state index in [2.05, 4.69) is 20.1 Å². The van der Waals surface area contributed by atoms with Crippen molar-refractivity contribution in [1.82, 2.24) is 0 Å². The van der Waals surface area contributed by atoms with Crippen molar-refractivity contribution in [2.24, 2.45) is 5.92 Å². The zero-order valence-electron chi connectivity index (χ0n) is 20.7. The quantitative estimate of drug-likeness (QED) is 0.218. The summed E-state index contributed by atoms with van der Waals surface area (Å²) in [5, 5.41) is 0. The van der Waals surface area contributed by atoms with Crippen molar-refractivity contribution < 1.29 is 27.4 Å². The van der Waals surface area contributed by atoms with Gasteiger partial charge in [-0.25, -0.2) is 8.78 Å². The van der Waals surface area contributed by atoms with Gasteiger partial charge in [0.05, 0.1) is 13.2 Å². The molecule has 0 N–H and O–H groups in total. The van der Waals surface area contributed by atoms with Gasteiger partial charge in [0.1, 0.15) is 12.4 Å². The van der Waals surface area contributed by atoms with Crippen molar-refractivity contribution in [3.63, 3.8) is 0 Å². The third-order valence-corrected chi connectivity index (χ3v) is 5.94. The number of ether oxygens (including phenoxy) is 3. The smallest absolute Gasteiger partial charge is 0.201 e. The van der Waals surface area contributed by atoms with Crippen molar-refractivity contribution >= 4 is 5.57 Å². The van der Waals surface area contributed by atoms with Crippen LogP contribution in [0.4, 0.5) is 13.2 Å². The largest absolute Gasteiger partial charge is 0.486 e. The predicted octanol–water partition coefficient (Wildman–Crippen LogP) is 8.19. The van der Waals surface area contributed by atoms with Crippen molar-refractivity contribution in [2.45, 2.75) is 38.9 Å². The Labute approximate surface area is 211 Å². The first-order valence-corrected chi connectivity index (χ1v) is 12.2. The monoisotopic (exact) mass is 498 g/mol. The molecule has 1 fully saturated rings. The SMILES string of the molecule is C=C/C=C(\C(F)=C/CC1OCC(CCCC)CO1)c1ccc(-c2ccc(OCC=C)c(F)c2F)cc1. The summed E-state index contributed by atoms with van der Waals surface area (Å²) < 4.78 is 60.8. The molecule has 1 aliphatic rings. The number of rotatable bonds is 12. The molecular formula is C30H33F3O3. The number of hydrogen-bond acceptors (Lipinski definition) is 3. The lowest BCUT2D eigenvalue weighted by Gasteiger charge is -2.28. The fourth-order valence-corrected chi connectivity index (χ4v) is 3.96. The first-order valence-electron chi connectivity index (χ1n) is 12.2. The molecule has 1 saturated heterocycles. The Morgan fingerprint density at radius 1 is 1.06 bits per heavy atom. The van der Waals surface area contributed by atoms with Gasteiger partial charge in [-0.2, -0.15) is 4.39 Å². The van der Waals surface area contributed by atoms with E-state index >= 15 is 4.39 Å². The molecule has 6 heteroatoms. The first-order chi connectivity index (χ1) is 17.5. The molecule has 0 spiro atoms. The van der Waals surface area contributed by atoms with Crippen LogP contribution in [0.3, 0.4) is 0 Å². The summed E-state index contributed by atoms with van der Waals surface area (Å²) >= 11 is 0. The highest BCUT2D eigenvalue weighted by Crippen LogP contribution is 2.32. The van der Waals surface area contributed by atoms with Crippen LogP contribution in [0, 0.1) is 17.6 Å². The maximum atomic E-state index is 15.1. The Balaban J connectivity index is 1.70. The second-order valence-corrected chi connectivity index (χ2v) is 8.62. The highest BCUT2D eigenvalue weighted by Gasteiger charge is 2.22. The fraction of sp³-hybridized carbons (Fsp3) is 0.333. The van der Waals surface area contributed by atoms with E-state index in [1.807, 2.05) is 0 Å². The molecule has 3 nitrogen and oxygen atoms in total. The molecule has 0 aromatic heterocycles. The van der Waals surface area contributed by atoms with Gasteiger partial charge in [-0.15, -0.1) is 0 Å². The highest BCUT2D eigenvalue weighted by atomic mass is 19.2. The van der Waals surface area contributed by atoms with Gasteiger partial charge in [-0.1, -0.05) is 75.4 Å². The molecule has 1 aliphatic heterocycles. The van der Waals surface area contributed by atoms with Crippen LogP contribution in [-0.4, -0.2) is 26.1 Å². The maximum absolute atomic E-state index is 15.1. The molecule has 0 radical (unpaired) electrons. The Morgan fingerprint density at radius 3 is 2.42 bits per heavy atom. The van der Waals surface area contributed by atoms with Gasteiger partial charge in [0, 0.05) is 23.5 Å². The summed E-state index contributed by atoms with van der Waals surface area (Å²) in [5.41, 5.74) is 1.44. The third kappa shape index (κ3) is 7.21. The van der Waals surface area contributed by atoms with Crippen LogP contribution in [0.15, 0.2) is 79.7 Å². The minimum Gasteiger partial charge on any atom is -0.486 e. The second-order valence-electron chi connectivity index (χ2n) is 8.62. The Morgan fingerprint density at radius 2 is 1.78 bits per heavy atom. The summed E-state index contributed by atoms with van der Waals surface area (Å²) in [6, 6.07) is 9.37. The minimum absolute atomic E-state index is 0.0698. The van der Waals surface area contributed by atoms with Crippen LogP contribution in [0.2, 0.25) is 0 Å². The molecular weight excluding hydrogens is 465 g/mol. The molecule has 0 aliphatic carbocycles. The average molecular weight is 499 g/mol. The van der Waals surface area contributed by atoms with Crippen LogP contribution in [0.25, 0.3) is 16.7 Å². The van der Waals surface area contributed by atoms with Crippen LogP contribution in [-0.2, 0) is 9.47 Å². The Hall–Kier alpha value is -3.09. The number of halogens is 3. The summed E-state index contributed by atoms with van der Waals surface area (Å²) in [4.78, 5) is 0. The van der Waals surface area contributed by atoms with Gasteiger partial charge >= 0.3 is 0 Å². The van der Waals surface area contributed by atoms with E-state index in [0.717, 1.165) is 19.3 Å². The van der Waals surface area contributed by atoms with E-state index in [9.17, 15) is 8.78 Å². The molecule has 2 aromatic rings. The lowest BCUT2D eigenvalue weighted by atomic mass is 9.98. The van der Waals surface area contributed by atoms with Gasteiger partial charge in [-0.05, 0) is 35.8 Å². The molecule has 1 heterocycles. The summed E-state index contributed by atoms with van der Waals surface area (Å²) in [5.74, 6) is -2.31. The number of benzene rings is 2. The van der Waals surface area contributed by atoms with Gasteiger partial charge in [-0.3, -0.25) is 0 Å². The number of hydrogen-bond donors (Lipinski definition) is 0. The second kappa shape index (κ2) is 13.9. The van der Waals surface area contributed by atoms with Gasteiger partial charge in [0.2, 0.25) is 5.82 Å². The van der Waals surface area contributed by atoms with E-state index in [1.165, 1.54) is 30.4 Å². The average Bonchev–Trinajstić information content (AvgIpc) is 2.91. The topological polar surface area (TPSA) is 27.7 Å². The lowest BCUT2D eigenvalue weighted by Crippen LogP contribution is -2.31. The van der Waals surface area contributed by atoms with E-state index in [-0.39, 0.29) is 24.3 Å². The highest BCUT2D eigenvalue weighted by molar-refractivity contribution is 5.79. The molecule has 192 valence electrons. The van der Waals surface area contributed by atoms with Crippen LogP contribution >= 0.6 is 0 Å². The fourth-order valence-electron chi connectivity index (χ4n) is 3.96. The molecule has 0 unspecified atom stereocenters. The molecule has 3 rings (SSSR count). The van der Waals surface area contributed by atoms with Crippen LogP contribution in [0.1, 0.15) is 38.2 Å². The van der Waals surface area contributed by atoms with Gasteiger partial charge in [0.25, 0.3) is 0 Å². The van der Waals surface area contributed by atoms with Crippen molar-refractivity contribution in [3.05, 3.63) is 96.9 Å². The lowest BCUT2D eigenvalue weighted by molar-refractivity contribution is -0.199. The molecule has 0 atom stereocenters. The predicted molar refractivity (Wildman–Crippen MR) is 138 cm³/mol. The third-order valence-electron chi connectivity index (χ3n) is 5.94. The number of unbranched alkanes of at least 4 members (excludes halogenated alkanes) is 1. The molecule has 36 heavy (non-hydrogen) atoms. The molecule has 0 bridgehead atoms. The summed E-state index contributed by atoms with van der Waals surface area (Å²) in [6.07, 6.45) is 9.11. The van der Waals surface area contributed by atoms with Gasteiger partial charge in [0.15, 0.2) is 17.9 Å². The van der Waals surface area contributed by atoms with E-state index in [0.29, 0.717) is 35.8 Å². The van der Waals surface area contributed by atoms with Crippen molar-refractivity contribution in [3.8, 4) is 16.9 Å². The standard InChI is InChI=1S/C30H33F3O3/c1-4-7-9-21-19-35-28(36-20-21)17-15-26(31)24(8-5-2)22-10-12-23(13-11-22)25-14-16-27(34-18-6-3)30(33)29(25)32/h5-6,8,10-16,21,28H,2-4,7,9,17-20H2,1H3/b24-8-,26-15+. The van der Waals surface area contributed by atoms with E-state index < -0.39 is 23.8 Å². The zero-order valence-corrected chi connectivity index (χ0v) is 20.7. The van der Waals surface area contributed by atoms with Crippen molar-refractivity contribution in [1.29, 1.82) is 0 Å². The van der Waals surface area contributed by atoms with E-state index in [1.54, 1.807) is 30.3 Å². The van der Waals surface area contributed by atoms with E-state index in [4.69, 9.17) is 14.2 Å². The normalized spacial score (nSPS) is 18.7. The Bertz CT molecular complexity index is 1080. The summed E-state index contributed by atoms with van der Waals surface area (Å²) in [7, 11) is 0. The maximum Gasteiger partial charge on any atom is 0.201 e. The molecule has 0 saturated carbocycles. The molecule has 0 amide bonds. The first kappa shape index (κ1) is 27.5. The molecule has 2 aromatic carbocycles.